The Hall–Kier alpha value is -1.46. The first kappa shape index (κ1) is 14.9. The molecule has 0 spiro atoms. The van der Waals surface area contributed by atoms with Crippen LogP contribution in [0.4, 0.5) is 0 Å². The normalized spacial score (nSPS) is 12.1. The molecule has 6 heteroatoms. The number of aromatic nitrogens is 2. The molecule has 1 heterocycles. The summed E-state index contributed by atoms with van der Waals surface area (Å²) in [6.07, 6.45) is 1.70. The third kappa shape index (κ3) is 3.77. The Bertz CT molecular complexity index is 559. The van der Waals surface area contributed by atoms with Crippen LogP contribution in [0.5, 0.6) is 0 Å². The fourth-order valence-electron chi connectivity index (χ4n) is 1.82. The first-order valence-electron chi connectivity index (χ1n) is 6.50. The van der Waals surface area contributed by atoms with E-state index in [1.807, 2.05) is 37.3 Å². The first-order chi connectivity index (χ1) is 9.72. The molecule has 20 heavy (non-hydrogen) atoms. The lowest BCUT2D eigenvalue weighted by Gasteiger charge is -2.10. The van der Waals surface area contributed by atoms with Crippen molar-refractivity contribution in [2.24, 2.45) is 0 Å². The van der Waals surface area contributed by atoms with Gasteiger partial charge in [0.1, 0.15) is 4.88 Å². The molecule has 0 saturated heterocycles. The Morgan fingerprint density at radius 3 is 2.85 bits per heavy atom. The van der Waals surface area contributed by atoms with Gasteiger partial charge in [0.05, 0.1) is 11.1 Å². The van der Waals surface area contributed by atoms with E-state index in [0.29, 0.717) is 11.4 Å². The number of halogens is 1. The molecule has 0 aliphatic carbocycles. The summed E-state index contributed by atoms with van der Waals surface area (Å²) in [6.45, 7) is 2.43. The molecule has 1 aromatic heterocycles. The number of hydrogen-bond acceptors (Lipinski definition) is 4. The van der Waals surface area contributed by atoms with Crippen molar-refractivity contribution in [3.05, 3.63) is 46.5 Å². The molecule has 0 radical (unpaired) electrons. The van der Waals surface area contributed by atoms with Crippen molar-refractivity contribution in [3.8, 4) is 0 Å². The summed E-state index contributed by atoms with van der Waals surface area (Å²) >= 11 is 7.40. The minimum Gasteiger partial charge on any atom is -0.349 e. The summed E-state index contributed by atoms with van der Waals surface area (Å²) in [5, 5.41) is 6.59. The van der Waals surface area contributed by atoms with Gasteiger partial charge < -0.3 is 5.32 Å². The highest BCUT2D eigenvalue weighted by molar-refractivity contribution is 7.08. The van der Waals surface area contributed by atoms with Crippen LogP contribution in [0, 0.1) is 0 Å². The smallest absolute Gasteiger partial charge is 0.265 e. The monoisotopic (exact) mass is 309 g/mol. The van der Waals surface area contributed by atoms with Crippen LogP contribution in [0.25, 0.3) is 0 Å². The van der Waals surface area contributed by atoms with Crippen molar-refractivity contribution in [3.63, 3.8) is 0 Å². The number of carbonyl (C=O) groups excluding carboxylic acids is 1. The molecule has 0 fully saturated rings. The van der Waals surface area contributed by atoms with E-state index in [4.69, 9.17) is 11.6 Å². The molecule has 1 unspecified atom stereocenters. The van der Waals surface area contributed by atoms with E-state index in [9.17, 15) is 4.79 Å². The third-order valence-electron chi connectivity index (χ3n) is 2.85. The molecule has 1 aromatic carbocycles. The molecule has 106 valence electrons. The fourth-order valence-corrected chi connectivity index (χ4v) is 2.67. The van der Waals surface area contributed by atoms with Crippen LogP contribution in [0.2, 0.25) is 0 Å². The molecule has 0 bridgehead atoms. The minimum absolute atomic E-state index is 0.148. The highest BCUT2D eigenvalue weighted by atomic mass is 35.5. The van der Waals surface area contributed by atoms with Crippen LogP contribution >= 0.6 is 23.1 Å². The second-order valence-electron chi connectivity index (χ2n) is 4.39. The van der Waals surface area contributed by atoms with Gasteiger partial charge in [-0.15, -0.1) is 16.7 Å². The zero-order valence-electron chi connectivity index (χ0n) is 11.2. The van der Waals surface area contributed by atoms with Gasteiger partial charge >= 0.3 is 0 Å². The average Bonchev–Trinajstić information content (AvgIpc) is 2.94. The molecule has 4 nitrogen and oxygen atoms in total. The van der Waals surface area contributed by atoms with Gasteiger partial charge in [-0.05, 0) is 23.5 Å². The number of alkyl halides is 1. The zero-order chi connectivity index (χ0) is 14.4. The van der Waals surface area contributed by atoms with Crippen molar-refractivity contribution >= 4 is 29.0 Å². The van der Waals surface area contributed by atoms with E-state index in [0.717, 1.165) is 35.6 Å². The molecular weight excluding hydrogens is 294 g/mol. The Morgan fingerprint density at radius 2 is 2.15 bits per heavy atom. The largest absolute Gasteiger partial charge is 0.349 e. The van der Waals surface area contributed by atoms with Gasteiger partial charge in [-0.25, -0.2) is 0 Å². The van der Waals surface area contributed by atoms with Crippen molar-refractivity contribution in [1.29, 1.82) is 0 Å². The molecule has 0 aliphatic rings. The van der Waals surface area contributed by atoms with Crippen molar-refractivity contribution in [2.75, 3.05) is 6.54 Å². The fraction of sp³-hybridized carbons (Fsp3) is 0.357. The average molecular weight is 310 g/mol. The second kappa shape index (κ2) is 7.36. The molecule has 1 atom stereocenters. The van der Waals surface area contributed by atoms with Crippen LogP contribution in [0.1, 0.15) is 39.7 Å². The lowest BCUT2D eigenvalue weighted by molar-refractivity contribution is 0.0956. The summed E-state index contributed by atoms with van der Waals surface area (Å²) < 4.78 is 3.84. The van der Waals surface area contributed by atoms with E-state index in [-0.39, 0.29) is 11.3 Å². The van der Waals surface area contributed by atoms with Crippen LogP contribution in [0.3, 0.4) is 0 Å². The number of rotatable bonds is 6. The molecule has 0 aliphatic heterocycles. The summed E-state index contributed by atoms with van der Waals surface area (Å²) in [5.74, 6) is -0.148. The van der Waals surface area contributed by atoms with E-state index in [2.05, 4.69) is 14.9 Å². The van der Waals surface area contributed by atoms with Crippen molar-refractivity contribution in [2.45, 2.75) is 25.1 Å². The van der Waals surface area contributed by atoms with Gasteiger partial charge in [0, 0.05) is 6.54 Å². The van der Waals surface area contributed by atoms with Gasteiger partial charge in [0.25, 0.3) is 5.91 Å². The number of hydrogen-bond donors (Lipinski definition) is 1. The van der Waals surface area contributed by atoms with Gasteiger partial charge in [0.15, 0.2) is 0 Å². The highest BCUT2D eigenvalue weighted by Crippen LogP contribution is 2.19. The van der Waals surface area contributed by atoms with Gasteiger partial charge in [-0.1, -0.05) is 48.2 Å². The maximum absolute atomic E-state index is 12.1. The Labute approximate surface area is 127 Å². The number of benzene rings is 1. The van der Waals surface area contributed by atoms with E-state index >= 15 is 0 Å². The summed E-state index contributed by atoms with van der Waals surface area (Å²) in [7, 11) is 0. The number of amides is 1. The van der Waals surface area contributed by atoms with E-state index in [1.165, 1.54) is 0 Å². The number of aryl methyl sites for hydroxylation is 1. The third-order valence-corrected chi connectivity index (χ3v) is 4.03. The lowest BCUT2D eigenvalue weighted by Crippen LogP contribution is -2.27. The molecule has 1 amide bonds. The molecular formula is C14H16ClN3OS. The molecule has 1 N–H and O–H groups in total. The topological polar surface area (TPSA) is 54.9 Å². The number of nitrogens with zero attached hydrogens (tertiary/aromatic N) is 2. The van der Waals surface area contributed by atoms with Crippen LogP contribution < -0.4 is 5.32 Å². The maximum Gasteiger partial charge on any atom is 0.265 e. The predicted molar refractivity (Wildman–Crippen MR) is 81.3 cm³/mol. The summed E-state index contributed by atoms with van der Waals surface area (Å²) in [5.41, 5.74) is 1.76. The molecule has 0 saturated carbocycles. The quantitative estimate of drug-likeness (QED) is 0.834. The van der Waals surface area contributed by atoms with Crippen LogP contribution in [-0.2, 0) is 6.42 Å². The Kier molecular flexibility index (Phi) is 5.49. The number of carbonyl (C=O) groups is 1. The second-order valence-corrected chi connectivity index (χ2v) is 5.67. The van der Waals surface area contributed by atoms with Crippen molar-refractivity contribution in [1.82, 2.24) is 14.9 Å². The van der Waals surface area contributed by atoms with Crippen LogP contribution in [0.15, 0.2) is 30.3 Å². The summed E-state index contributed by atoms with van der Waals surface area (Å²) in [4.78, 5) is 12.7. The van der Waals surface area contributed by atoms with Gasteiger partial charge in [0.2, 0.25) is 0 Å². The molecule has 2 rings (SSSR count). The van der Waals surface area contributed by atoms with Gasteiger partial charge in [-0.2, -0.15) is 0 Å². The van der Waals surface area contributed by atoms with E-state index in [1.54, 1.807) is 0 Å². The predicted octanol–water partition coefficient (Wildman–Crippen LogP) is 3.20. The SMILES string of the molecule is CCCc1nnsc1C(=O)NCC(Cl)c1ccccc1. The summed E-state index contributed by atoms with van der Waals surface area (Å²) in [6, 6.07) is 9.69. The minimum atomic E-state index is -0.240. The zero-order valence-corrected chi connectivity index (χ0v) is 12.7. The lowest BCUT2D eigenvalue weighted by atomic mass is 10.1. The Morgan fingerprint density at radius 1 is 1.40 bits per heavy atom. The first-order valence-corrected chi connectivity index (χ1v) is 7.71. The number of nitrogens with one attached hydrogen (secondary N) is 1. The Balaban J connectivity index is 1.93. The van der Waals surface area contributed by atoms with Gasteiger partial charge in [-0.3, -0.25) is 4.79 Å². The maximum atomic E-state index is 12.1. The van der Waals surface area contributed by atoms with Crippen LogP contribution in [-0.4, -0.2) is 22.0 Å². The van der Waals surface area contributed by atoms with E-state index < -0.39 is 0 Å². The molecule has 2 aromatic rings. The standard InChI is InChI=1S/C14H16ClN3OS/c1-2-6-12-13(20-18-17-12)14(19)16-9-11(15)10-7-4-3-5-8-10/h3-5,7-8,11H,2,6,9H2,1H3,(H,16,19). The highest BCUT2D eigenvalue weighted by Gasteiger charge is 2.17. The van der Waals surface area contributed by atoms with Crippen molar-refractivity contribution < 1.29 is 4.79 Å².